The standard InChI is InChI=1S/C12H18N2O3/c1-9(2)17-8-11(15)13-6-10-4-5-12(16-3)14-7-10/h4-5,7,9H,6,8H2,1-3H3,(H,13,15). The van der Waals surface area contributed by atoms with Crippen LogP contribution in [-0.4, -0.2) is 30.7 Å². The molecule has 1 aromatic heterocycles. The van der Waals surface area contributed by atoms with Crippen LogP contribution in [0.5, 0.6) is 5.88 Å². The molecule has 94 valence electrons. The van der Waals surface area contributed by atoms with E-state index in [1.165, 1.54) is 0 Å². The van der Waals surface area contributed by atoms with Crippen molar-refractivity contribution in [3.63, 3.8) is 0 Å². The number of ether oxygens (including phenoxy) is 2. The molecule has 0 fully saturated rings. The van der Waals surface area contributed by atoms with Crippen LogP contribution in [0.2, 0.25) is 0 Å². The Labute approximate surface area is 101 Å². The van der Waals surface area contributed by atoms with Gasteiger partial charge in [0.15, 0.2) is 0 Å². The van der Waals surface area contributed by atoms with Crippen LogP contribution in [0.15, 0.2) is 18.3 Å². The minimum atomic E-state index is -0.130. The molecule has 0 bridgehead atoms. The molecule has 1 amide bonds. The van der Waals surface area contributed by atoms with Crippen molar-refractivity contribution in [1.29, 1.82) is 0 Å². The lowest BCUT2D eigenvalue weighted by Gasteiger charge is -2.08. The highest BCUT2D eigenvalue weighted by Gasteiger charge is 2.03. The molecule has 0 saturated carbocycles. The topological polar surface area (TPSA) is 60.5 Å². The van der Waals surface area contributed by atoms with Crippen molar-refractivity contribution < 1.29 is 14.3 Å². The van der Waals surface area contributed by atoms with Gasteiger partial charge < -0.3 is 14.8 Å². The van der Waals surface area contributed by atoms with E-state index in [0.29, 0.717) is 12.4 Å². The molecule has 0 spiro atoms. The number of carbonyl (C=O) groups is 1. The molecule has 0 aliphatic heterocycles. The number of carbonyl (C=O) groups excluding carboxylic acids is 1. The number of aromatic nitrogens is 1. The maximum Gasteiger partial charge on any atom is 0.246 e. The Morgan fingerprint density at radius 3 is 2.76 bits per heavy atom. The summed E-state index contributed by atoms with van der Waals surface area (Å²) < 4.78 is 10.1. The number of pyridine rings is 1. The number of methoxy groups -OCH3 is 1. The van der Waals surface area contributed by atoms with Crippen molar-refractivity contribution in [2.75, 3.05) is 13.7 Å². The van der Waals surface area contributed by atoms with Crippen LogP contribution in [-0.2, 0) is 16.1 Å². The quantitative estimate of drug-likeness (QED) is 0.807. The van der Waals surface area contributed by atoms with Crippen LogP contribution < -0.4 is 10.1 Å². The highest BCUT2D eigenvalue weighted by Crippen LogP contribution is 2.06. The summed E-state index contributed by atoms with van der Waals surface area (Å²) in [5.41, 5.74) is 0.920. The predicted octanol–water partition coefficient (Wildman–Crippen LogP) is 1.13. The molecule has 0 atom stereocenters. The molecular weight excluding hydrogens is 220 g/mol. The zero-order valence-corrected chi connectivity index (χ0v) is 10.4. The van der Waals surface area contributed by atoms with E-state index in [0.717, 1.165) is 5.56 Å². The summed E-state index contributed by atoms with van der Waals surface area (Å²) in [4.78, 5) is 15.4. The first-order valence-corrected chi connectivity index (χ1v) is 5.49. The van der Waals surface area contributed by atoms with E-state index in [4.69, 9.17) is 9.47 Å². The lowest BCUT2D eigenvalue weighted by atomic mass is 10.3. The zero-order valence-electron chi connectivity index (χ0n) is 10.4. The van der Waals surface area contributed by atoms with Crippen molar-refractivity contribution in [2.24, 2.45) is 0 Å². The van der Waals surface area contributed by atoms with Gasteiger partial charge in [-0.2, -0.15) is 0 Å². The summed E-state index contributed by atoms with van der Waals surface area (Å²) in [6, 6.07) is 3.61. The third kappa shape index (κ3) is 5.31. The van der Waals surface area contributed by atoms with Gasteiger partial charge in [-0.1, -0.05) is 6.07 Å². The Kier molecular flexibility index (Phi) is 5.42. The average Bonchev–Trinajstić information content (AvgIpc) is 2.34. The summed E-state index contributed by atoms with van der Waals surface area (Å²) in [6.45, 7) is 4.31. The third-order valence-corrected chi connectivity index (χ3v) is 2.04. The molecular formula is C12H18N2O3. The Bertz CT molecular complexity index is 349. The lowest BCUT2D eigenvalue weighted by Crippen LogP contribution is -2.28. The van der Waals surface area contributed by atoms with Crippen molar-refractivity contribution in [3.8, 4) is 5.88 Å². The maximum absolute atomic E-state index is 11.4. The van der Waals surface area contributed by atoms with Gasteiger partial charge in [-0.3, -0.25) is 4.79 Å². The molecule has 1 heterocycles. The van der Waals surface area contributed by atoms with E-state index < -0.39 is 0 Å². The van der Waals surface area contributed by atoms with Gasteiger partial charge >= 0.3 is 0 Å². The number of hydrogen-bond acceptors (Lipinski definition) is 4. The fourth-order valence-corrected chi connectivity index (χ4v) is 1.13. The normalized spacial score (nSPS) is 10.4. The predicted molar refractivity (Wildman–Crippen MR) is 63.7 cm³/mol. The number of rotatable bonds is 6. The van der Waals surface area contributed by atoms with Crippen LogP contribution in [0.3, 0.4) is 0 Å². The van der Waals surface area contributed by atoms with Gasteiger partial charge in [0.1, 0.15) is 6.61 Å². The van der Waals surface area contributed by atoms with E-state index in [2.05, 4.69) is 10.3 Å². The second-order valence-corrected chi connectivity index (χ2v) is 3.85. The number of nitrogens with zero attached hydrogens (tertiary/aromatic N) is 1. The molecule has 5 heteroatoms. The zero-order chi connectivity index (χ0) is 12.7. The lowest BCUT2D eigenvalue weighted by molar-refractivity contribution is -0.127. The Balaban J connectivity index is 2.31. The van der Waals surface area contributed by atoms with E-state index in [9.17, 15) is 4.79 Å². The van der Waals surface area contributed by atoms with Crippen molar-refractivity contribution in [1.82, 2.24) is 10.3 Å². The first kappa shape index (κ1) is 13.4. The smallest absolute Gasteiger partial charge is 0.246 e. The summed E-state index contributed by atoms with van der Waals surface area (Å²) in [5, 5.41) is 2.75. The molecule has 0 unspecified atom stereocenters. The fourth-order valence-electron chi connectivity index (χ4n) is 1.13. The van der Waals surface area contributed by atoms with Crippen LogP contribution in [0.4, 0.5) is 0 Å². The Morgan fingerprint density at radius 2 is 2.24 bits per heavy atom. The minimum Gasteiger partial charge on any atom is -0.481 e. The molecule has 1 aromatic rings. The second-order valence-electron chi connectivity index (χ2n) is 3.85. The second kappa shape index (κ2) is 6.85. The highest BCUT2D eigenvalue weighted by molar-refractivity contribution is 5.77. The van der Waals surface area contributed by atoms with Crippen LogP contribution >= 0.6 is 0 Å². The van der Waals surface area contributed by atoms with Gasteiger partial charge in [0, 0.05) is 18.8 Å². The van der Waals surface area contributed by atoms with Gasteiger partial charge in [0.25, 0.3) is 0 Å². The van der Waals surface area contributed by atoms with Gasteiger partial charge in [-0.05, 0) is 19.4 Å². The van der Waals surface area contributed by atoms with Crippen molar-refractivity contribution in [2.45, 2.75) is 26.5 Å². The van der Waals surface area contributed by atoms with Crippen LogP contribution in [0.1, 0.15) is 19.4 Å². The molecule has 1 rings (SSSR count). The summed E-state index contributed by atoms with van der Waals surface area (Å²) >= 11 is 0. The summed E-state index contributed by atoms with van der Waals surface area (Å²) in [5.74, 6) is 0.428. The van der Waals surface area contributed by atoms with E-state index in [1.54, 1.807) is 19.4 Å². The number of nitrogens with one attached hydrogen (secondary N) is 1. The fraction of sp³-hybridized carbons (Fsp3) is 0.500. The third-order valence-electron chi connectivity index (χ3n) is 2.04. The van der Waals surface area contributed by atoms with Crippen molar-refractivity contribution in [3.05, 3.63) is 23.9 Å². The molecule has 0 aromatic carbocycles. The highest BCUT2D eigenvalue weighted by atomic mass is 16.5. The average molecular weight is 238 g/mol. The molecule has 0 aliphatic carbocycles. The number of amides is 1. The van der Waals surface area contributed by atoms with E-state index >= 15 is 0 Å². The molecule has 0 radical (unpaired) electrons. The molecule has 1 N–H and O–H groups in total. The van der Waals surface area contributed by atoms with E-state index in [1.807, 2.05) is 19.9 Å². The molecule has 5 nitrogen and oxygen atoms in total. The minimum absolute atomic E-state index is 0.0587. The first-order chi connectivity index (χ1) is 8.11. The van der Waals surface area contributed by atoms with Gasteiger partial charge in [-0.15, -0.1) is 0 Å². The summed E-state index contributed by atoms with van der Waals surface area (Å²) in [6.07, 6.45) is 1.73. The maximum atomic E-state index is 11.4. The van der Waals surface area contributed by atoms with Crippen molar-refractivity contribution >= 4 is 5.91 Å². The van der Waals surface area contributed by atoms with Crippen LogP contribution in [0.25, 0.3) is 0 Å². The molecule has 17 heavy (non-hydrogen) atoms. The summed E-state index contributed by atoms with van der Waals surface area (Å²) in [7, 11) is 1.56. The monoisotopic (exact) mass is 238 g/mol. The first-order valence-electron chi connectivity index (χ1n) is 5.49. The molecule has 0 aliphatic rings. The van der Waals surface area contributed by atoms with Gasteiger partial charge in [-0.25, -0.2) is 4.98 Å². The Hall–Kier alpha value is -1.62. The van der Waals surface area contributed by atoms with E-state index in [-0.39, 0.29) is 18.6 Å². The van der Waals surface area contributed by atoms with Gasteiger partial charge in [0.2, 0.25) is 11.8 Å². The number of hydrogen-bond donors (Lipinski definition) is 1. The Morgan fingerprint density at radius 1 is 1.47 bits per heavy atom. The molecule has 0 saturated heterocycles. The SMILES string of the molecule is COc1ccc(CNC(=O)COC(C)C)cn1. The van der Waals surface area contributed by atoms with Gasteiger partial charge in [0.05, 0.1) is 13.2 Å². The van der Waals surface area contributed by atoms with Crippen LogP contribution in [0, 0.1) is 0 Å². The largest absolute Gasteiger partial charge is 0.481 e.